The maximum atomic E-state index is 2.46. The predicted molar refractivity (Wildman–Crippen MR) is 283 cm³/mol. The van der Waals surface area contributed by atoms with E-state index in [1.54, 1.807) is 0 Å². The molecule has 0 spiro atoms. The van der Waals surface area contributed by atoms with Crippen molar-refractivity contribution in [3.8, 4) is 27.9 Å². The van der Waals surface area contributed by atoms with Crippen LogP contribution >= 0.6 is 0 Å². The van der Waals surface area contributed by atoms with E-state index in [-0.39, 0.29) is 0 Å². The van der Waals surface area contributed by atoms with Crippen molar-refractivity contribution < 1.29 is 0 Å². The van der Waals surface area contributed by atoms with Crippen molar-refractivity contribution in [3.05, 3.63) is 243 Å². The number of anilines is 3. The lowest BCUT2D eigenvalue weighted by molar-refractivity contribution is 1.18. The molecule has 0 aliphatic rings. The summed E-state index contributed by atoms with van der Waals surface area (Å²) in [5.74, 6) is 0. The first-order valence-electron chi connectivity index (χ1n) is 22.8. The highest BCUT2D eigenvalue weighted by molar-refractivity contribution is 6.37. The van der Waals surface area contributed by atoms with E-state index >= 15 is 0 Å². The molecular formula is C64H40N2. The third kappa shape index (κ3) is 5.49. The number of para-hydroxylation sites is 3. The Balaban J connectivity index is 1.02. The normalized spacial score (nSPS) is 11.9. The molecule has 13 aromatic carbocycles. The molecule has 14 rings (SSSR count). The molecule has 2 heteroatoms. The Bertz CT molecular complexity index is 4180. The van der Waals surface area contributed by atoms with E-state index in [2.05, 4.69) is 252 Å². The van der Waals surface area contributed by atoms with Crippen molar-refractivity contribution in [2.45, 2.75) is 0 Å². The molecule has 14 aromatic rings. The molecule has 0 radical (unpaired) electrons. The van der Waals surface area contributed by atoms with Crippen LogP contribution in [0.15, 0.2) is 243 Å². The summed E-state index contributed by atoms with van der Waals surface area (Å²) in [4.78, 5) is 2.44. The summed E-state index contributed by atoms with van der Waals surface area (Å²) in [6.45, 7) is 0. The Kier molecular flexibility index (Phi) is 8.02. The zero-order valence-electron chi connectivity index (χ0n) is 36.0. The minimum absolute atomic E-state index is 1.09. The first-order chi connectivity index (χ1) is 32.7. The van der Waals surface area contributed by atoms with Gasteiger partial charge in [0.15, 0.2) is 0 Å². The van der Waals surface area contributed by atoms with Gasteiger partial charge in [-0.1, -0.05) is 188 Å². The Hall–Kier alpha value is -8.72. The third-order valence-corrected chi connectivity index (χ3v) is 14.0. The minimum Gasteiger partial charge on any atom is -0.310 e. The van der Waals surface area contributed by atoms with Crippen molar-refractivity contribution in [2.24, 2.45) is 0 Å². The van der Waals surface area contributed by atoms with Crippen LogP contribution in [0, 0.1) is 0 Å². The van der Waals surface area contributed by atoms with Crippen LogP contribution in [0.25, 0.3) is 114 Å². The van der Waals surface area contributed by atoms with Crippen LogP contribution in [-0.2, 0) is 0 Å². The largest absolute Gasteiger partial charge is 0.310 e. The van der Waals surface area contributed by atoms with E-state index in [4.69, 9.17) is 0 Å². The van der Waals surface area contributed by atoms with Gasteiger partial charge < -0.3 is 9.47 Å². The summed E-state index contributed by atoms with van der Waals surface area (Å²) in [6.07, 6.45) is 0. The maximum absolute atomic E-state index is 2.46. The average Bonchev–Trinajstić information content (AvgIpc) is 3.73. The van der Waals surface area contributed by atoms with Crippen LogP contribution in [0.3, 0.4) is 0 Å². The van der Waals surface area contributed by atoms with Gasteiger partial charge in [0.2, 0.25) is 0 Å². The Morgan fingerprint density at radius 2 is 0.742 bits per heavy atom. The van der Waals surface area contributed by atoms with E-state index < -0.39 is 0 Å². The molecule has 0 fully saturated rings. The van der Waals surface area contributed by atoms with Gasteiger partial charge in [0.1, 0.15) is 0 Å². The van der Waals surface area contributed by atoms with Crippen molar-refractivity contribution >= 4 is 104 Å². The molecule has 0 saturated carbocycles. The van der Waals surface area contributed by atoms with Crippen molar-refractivity contribution in [3.63, 3.8) is 0 Å². The van der Waals surface area contributed by atoms with E-state index in [9.17, 15) is 0 Å². The lowest BCUT2D eigenvalue weighted by Gasteiger charge is -2.27. The summed E-state index contributed by atoms with van der Waals surface area (Å²) in [7, 11) is 0. The van der Waals surface area contributed by atoms with Crippen molar-refractivity contribution in [2.75, 3.05) is 4.90 Å². The van der Waals surface area contributed by atoms with Crippen LogP contribution in [-0.4, -0.2) is 4.57 Å². The van der Waals surface area contributed by atoms with Crippen molar-refractivity contribution in [1.29, 1.82) is 0 Å². The number of fused-ring (bicyclic) bond motifs is 5. The summed E-state index contributed by atoms with van der Waals surface area (Å²) >= 11 is 0. The summed E-state index contributed by atoms with van der Waals surface area (Å²) in [5, 5.41) is 17.8. The van der Waals surface area contributed by atoms with Gasteiger partial charge >= 0.3 is 0 Å². The second-order valence-electron chi connectivity index (χ2n) is 17.6. The fourth-order valence-corrected chi connectivity index (χ4v) is 11.2. The summed E-state index contributed by atoms with van der Waals surface area (Å²) in [6, 6.07) is 89.7. The zero-order valence-corrected chi connectivity index (χ0v) is 36.0. The van der Waals surface area contributed by atoms with Gasteiger partial charge in [-0.25, -0.2) is 0 Å². The molecule has 0 bridgehead atoms. The van der Waals surface area contributed by atoms with Crippen LogP contribution in [0.5, 0.6) is 0 Å². The van der Waals surface area contributed by atoms with E-state index in [1.165, 1.54) is 109 Å². The SMILES string of the molecule is c1ccc(-c2ccc(N(c3ccc(-c4cccc5c6ccccc6n(-c6ccccc6)c45)cc3)c3cc4ccc5cccc6c7cccc8ccc9cccc(c(c3)c4c56)c9c87)cc2)cc1. The van der Waals surface area contributed by atoms with Gasteiger partial charge in [0, 0.05) is 39.1 Å². The predicted octanol–water partition coefficient (Wildman–Crippen LogP) is 17.9. The number of benzene rings is 12. The van der Waals surface area contributed by atoms with Crippen LogP contribution in [0.1, 0.15) is 0 Å². The fourth-order valence-electron chi connectivity index (χ4n) is 11.2. The third-order valence-electron chi connectivity index (χ3n) is 14.0. The lowest BCUT2D eigenvalue weighted by atomic mass is 9.87. The molecule has 0 unspecified atom stereocenters. The number of aromatic nitrogens is 1. The molecule has 306 valence electrons. The molecule has 1 aromatic heterocycles. The monoisotopic (exact) mass is 836 g/mol. The molecule has 0 atom stereocenters. The van der Waals surface area contributed by atoms with Crippen LogP contribution in [0.2, 0.25) is 0 Å². The smallest absolute Gasteiger partial charge is 0.0619 e. The molecule has 0 amide bonds. The van der Waals surface area contributed by atoms with E-state index in [1.807, 2.05) is 0 Å². The van der Waals surface area contributed by atoms with Gasteiger partial charge in [-0.05, 0) is 136 Å². The Labute approximate surface area is 381 Å². The first kappa shape index (κ1) is 36.7. The quantitative estimate of drug-likeness (QED) is 0.152. The molecule has 0 aliphatic carbocycles. The van der Waals surface area contributed by atoms with Gasteiger partial charge in [-0.3, -0.25) is 0 Å². The zero-order chi connectivity index (χ0) is 43.3. The maximum Gasteiger partial charge on any atom is 0.0619 e. The molecule has 1 heterocycles. The second-order valence-corrected chi connectivity index (χ2v) is 17.6. The highest BCUT2D eigenvalue weighted by Gasteiger charge is 2.21. The molecule has 2 nitrogen and oxygen atoms in total. The van der Waals surface area contributed by atoms with Crippen molar-refractivity contribution in [1.82, 2.24) is 4.57 Å². The molecule has 66 heavy (non-hydrogen) atoms. The van der Waals surface area contributed by atoms with Gasteiger partial charge in [-0.2, -0.15) is 0 Å². The van der Waals surface area contributed by atoms with Gasteiger partial charge in [0.25, 0.3) is 0 Å². The van der Waals surface area contributed by atoms with E-state index in [0.717, 1.165) is 22.7 Å². The number of rotatable bonds is 6. The topological polar surface area (TPSA) is 8.17 Å². The summed E-state index contributed by atoms with van der Waals surface area (Å²) < 4.78 is 2.43. The number of hydrogen-bond donors (Lipinski definition) is 0. The van der Waals surface area contributed by atoms with Gasteiger partial charge in [-0.15, -0.1) is 0 Å². The fraction of sp³-hybridized carbons (Fsp3) is 0. The van der Waals surface area contributed by atoms with Gasteiger partial charge in [0.05, 0.1) is 11.0 Å². The lowest BCUT2D eigenvalue weighted by Crippen LogP contribution is -2.10. The second kappa shape index (κ2) is 14.4. The van der Waals surface area contributed by atoms with E-state index in [0.29, 0.717) is 0 Å². The standard InChI is InChI=1S/C64H40N2/c1-3-13-41(14-4-1)42-31-35-49(36-32-42)65(50-37-33-43(34-38-50)52-21-12-25-57-53-20-7-8-26-59(53)66(64(52)57)48-18-5-2-6-19-48)51-39-47-30-29-46-16-10-23-55-54-22-9-15-44-27-28-45-17-11-24-56(62(45)60(44)54)58(40-51)63(47)61(46)55/h1-40H. The molecular weight excluding hydrogens is 797 g/mol. The van der Waals surface area contributed by atoms with Crippen LogP contribution in [0.4, 0.5) is 17.1 Å². The molecule has 0 saturated heterocycles. The van der Waals surface area contributed by atoms with Crippen LogP contribution < -0.4 is 4.90 Å². The highest BCUT2D eigenvalue weighted by Crippen LogP contribution is 2.47. The molecule has 0 aliphatic heterocycles. The Morgan fingerprint density at radius 3 is 1.38 bits per heavy atom. The Morgan fingerprint density at radius 1 is 0.273 bits per heavy atom. The minimum atomic E-state index is 1.09. The summed E-state index contributed by atoms with van der Waals surface area (Å²) in [5.41, 5.74) is 11.6. The average molecular weight is 837 g/mol. The number of nitrogens with zero attached hydrogens (tertiary/aromatic N) is 2. The first-order valence-corrected chi connectivity index (χ1v) is 22.8. The highest BCUT2D eigenvalue weighted by atomic mass is 15.1. The molecule has 0 N–H and O–H groups in total. The number of hydrogen-bond acceptors (Lipinski definition) is 1.